The first-order valence-corrected chi connectivity index (χ1v) is 10.7. The summed E-state index contributed by atoms with van der Waals surface area (Å²) in [5.74, 6) is 2.93. The molecule has 0 radical (unpaired) electrons. The van der Waals surface area contributed by atoms with Gasteiger partial charge in [-0.25, -0.2) is 4.98 Å². The number of ether oxygens (including phenoxy) is 3. The fourth-order valence-corrected chi connectivity index (χ4v) is 4.11. The highest BCUT2D eigenvalue weighted by molar-refractivity contribution is 6.33. The monoisotopic (exact) mass is 428 g/mol. The van der Waals surface area contributed by atoms with Gasteiger partial charge in [-0.1, -0.05) is 11.6 Å². The van der Waals surface area contributed by atoms with E-state index < -0.39 is 0 Å². The van der Waals surface area contributed by atoms with E-state index in [1.165, 1.54) is 0 Å². The van der Waals surface area contributed by atoms with E-state index in [1.807, 2.05) is 30.3 Å². The van der Waals surface area contributed by atoms with Crippen LogP contribution in [-0.2, 0) is 0 Å². The highest BCUT2D eigenvalue weighted by Crippen LogP contribution is 2.37. The molecule has 5 rings (SSSR count). The molecule has 8 heteroatoms. The summed E-state index contributed by atoms with van der Waals surface area (Å²) in [6.07, 6.45) is 1.00. The van der Waals surface area contributed by atoms with Gasteiger partial charge >= 0.3 is 0 Å². The van der Waals surface area contributed by atoms with Crippen LogP contribution in [0.15, 0.2) is 30.3 Å². The maximum atomic E-state index is 6.54. The van der Waals surface area contributed by atoms with Crippen LogP contribution in [0, 0.1) is 0 Å². The minimum Gasteiger partial charge on any atom is -0.493 e. The first-order valence-electron chi connectivity index (χ1n) is 10.3. The zero-order chi connectivity index (χ0) is 20.5. The van der Waals surface area contributed by atoms with Crippen molar-refractivity contribution in [3.05, 3.63) is 35.4 Å². The average Bonchev–Trinajstić information content (AvgIpc) is 3.36. The van der Waals surface area contributed by atoms with Gasteiger partial charge in [0.25, 0.3) is 0 Å². The molecule has 1 aromatic heterocycles. The normalized spacial score (nSPS) is 17.0. The van der Waals surface area contributed by atoms with Crippen LogP contribution in [0.3, 0.4) is 0 Å². The van der Waals surface area contributed by atoms with Gasteiger partial charge in [0.2, 0.25) is 6.79 Å². The van der Waals surface area contributed by atoms with E-state index >= 15 is 0 Å². The minimum absolute atomic E-state index is 0.247. The quantitative estimate of drug-likeness (QED) is 0.605. The van der Waals surface area contributed by atoms with Crippen LogP contribution in [0.1, 0.15) is 6.42 Å². The second-order valence-electron chi connectivity index (χ2n) is 7.80. The molecule has 0 unspecified atom stereocenters. The van der Waals surface area contributed by atoms with E-state index in [-0.39, 0.29) is 6.79 Å². The number of aromatic amines is 1. The van der Waals surface area contributed by atoms with E-state index in [2.05, 4.69) is 26.8 Å². The lowest BCUT2D eigenvalue weighted by molar-refractivity contribution is 0.145. The van der Waals surface area contributed by atoms with Crippen molar-refractivity contribution in [1.82, 2.24) is 19.8 Å². The predicted octanol–water partition coefficient (Wildman–Crippen LogP) is 3.63. The Hall–Kier alpha value is -2.48. The zero-order valence-corrected chi connectivity index (χ0v) is 17.7. The molecule has 30 heavy (non-hydrogen) atoms. The molecular weight excluding hydrogens is 404 g/mol. The van der Waals surface area contributed by atoms with Gasteiger partial charge < -0.3 is 29.0 Å². The third-order valence-corrected chi connectivity index (χ3v) is 5.97. The molecule has 1 fully saturated rings. The molecular formula is C22H25ClN4O3. The molecule has 0 saturated carbocycles. The molecule has 1 saturated heterocycles. The van der Waals surface area contributed by atoms with Gasteiger partial charge in [-0.3, -0.25) is 0 Å². The van der Waals surface area contributed by atoms with Crippen LogP contribution in [-0.4, -0.2) is 72.9 Å². The van der Waals surface area contributed by atoms with Crippen molar-refractivity contribution in [2.75, 3.05) is 53.2 Å². The third kappa shape index (κ3) is 4.05. The lowest BCUT2D eigenvalue weighted by atomic mass is 10.2. The van der Waals surface area contributed by atoms with Gasteiger partial charge in [0.15, 0.2) is 11.5 Å². The van der Waals surface area contributed by atoms with Gasteiger partial charge in [-0.05, 0) is 31.7 Å². The number of nitrogens with zero attached hydrogens (tertiary/aromatic N) is 3. The fraction of sp³-hybridized carbons (Fsp3) is 0.409. The van der Waals surface area contributed by atoms with Crippen molar-refractivity contribution >= 4 is 22.6 Å². The molecule has 3 aromatic rings. The number of rotatable bonds is 6. The van der Waals surface area contributed by atoms with Gasteiger partial charge in [0.1, 0.15) is 11.6 Å². The van der Waals surface area contributed by atoms with Crippen LogP contribution in [0.5, 0.6) is 17.2 Å². The number of aromatic nitrogens is 2. The topological polar surface area (TPSA) is 62.9 Å². The molecule has 2 aromatic carbocycles. The second kappa shape index (κ2) is 8.34. The predicted molar refractivity (Wildman–Crippen MR) is 117 cm³/mol. The van der Waals surface area contributed by atoms with Crippen molar-refractivity contribution < 1.29 is 14.2 Å². The Labute approximate surface area is 180 Å². The van der Waals surface area contributed by atoms with Crippen molar-refractivity contribution in [3.63, 3.8) is 0 Å². The molecule has 3 heterocycles. The molecule has 7 nitrogen and oxygen atoms in total. The average molecular weight is 429 g/mol. The van der Waals surface area contributed by atoms with Crippen molar-refractivity contribution in [2.45, 2.75) is 6.42 Å². The molecule has 0 spiro atoms. The number of hydrogen-bond acceptors (Lipinski definition) is 6. The number of H-pyrrole nitrogens is 1. The molecule has 1 N–H and O–H groups in total. The molecule has 0 aliphatic carbocycles. The molecule has 0 amide bonds. The maximum absolute atomic E-state index is 6.54. The largest absolute Gasteiger partial charge is 0.493 e. The number of fused-ring (bicyclic) bond motifs is 2. The van der Waals surface area contributed by atoms with E-state index in [9.17, 15) is 0 Å². The first kappa shape index (κ1) is 19.5. The van der Waals surface area contributed by atoms with Crippen molar-refractivity contribution in [3.8, 4) is 28.6 Å². The summed E-state index contributed by atoms with van der Waals surface area (Å²) in [7, 11) is 2.17. The Morgan fingerprint density at radius 3 is 2.70 bits per heavy atom. The van der Waals surface area contributed by atoms with Crippen LogP contribution in [0.4, 0.5) is 0 Å². The van der Waals surface area contributed by atoms with Gasteiger partial charge in [0.05, 0.1) is 22.7 Å². The third-order valence-electron chi connectivity index (χ3n) is 5.66. The minimum atomic E-state index is 0.247. The second-order valence-corrected chi connectivity index (χ2v) is 8.20. The van der Waals surface area contributed by atoms with Gasteiger partial charge in [0, 0.05) is 50.4 Å². The van der Waals surface area contributed by atoms with Crippen molar-refractivity contribution in [1.29, 1.82) is 0 Å². The standard InChI is InChI=1S/C22H25ClN4O3/c1-26-6-8-27(9-7-26)5-2-10-28-15-3-4-16(17(23)11-15)22-24-18-12-20-21(30-14-29-20)13-19(18)25-22/h3-4,11-13H,2,5-10,14H2,1H3,(H,24,25). The van der Waals surface area contributed by atoms with Crippen LogP contribution < -0.4 is 14.2 Å². The van der Waals surface area contributed by atoms with Gasteiger partial charge in [-0.15, -0.1) is 0 Å². The summed E-state index contributed by atoms with van der Waals surface area (Å²) >= 11 is 6.54. The Kier molecular flexibility index (Phi) is 5.41. The van der Waals surface area contributed by atoms with Gasteiger partial charge in [-0.2, -0.15) is 0 Å². The van der Waals surface area contributed by atoms with Crippen molar-refractivity contribution in [2.24, 2.45) is 0 Å². The summed E-state index contributed by atoms with van der Waals surface area (Å²) < 4.78 is 16.8. The van der Waals surface area contributed by atoms with E-state index in [0.717, 1.165) is 67.2 Å². The number of benzene rings is 2. The van der Waals surface area contributed by atoms with Crippen LogP contribution in [0.2, 0.25) is 5.02 Å². The molecule has 0 atom stereocenters. The number of likely N-dealkylation sites (N-methyl/N-ethyl adjacent to an activating group) is 1. The first-order chi connectivity index (χ1) is 14.7. The molecule has 2 aliphatic rings. The lowest BCUT2D eigenvalue weighted by Crippen LogP contribution is -2.44. The van der Waals surface area contributed by atoms with Crippen LogP contribution >= 0.6 is 11.6 Å². The van der Waals surface area contributed by atoms with Crippen LogP contribution in [0.25, 0.3) is 22.4 Å². The number of halogens is 1. The highest BCUT2D eigenvalue weighted by atomic mass is 35.5. The fourth-order valence-electron chi connectivity index (χ4n) is 3.85. The summed E-state index contributed by atoms with van der Waals surface area (Å²) in [4.78, 5) is 12.8. The summed E-state index contributed by atoms with van der Waals surface area (Å²) in [5.41, 5.74) is 2.53. The summed E-state index contributed by atoms with van der Waals surface area (Å²) in [6, 6.07) is 9.52. The Balaban J connectivity index is 1.21. The summed E-state index contributed by atoms with van der Waals surface area (Å²) in [5, 5.41) is 0.602. The van der Waals surface area contributed by atoms with E-state index in [4.69, 9.17) is 25.8 Å². The smallest absolute Gasteiger partial charge is 0.231 e. The SMILES string of the molecule is CN1CCN(CCCOc2ccc(-c3nc4cc5c(cc4[nH]3)OCO5)c(Cl)c2)CC1. The number of imidazole rings is 1. The summed E-state index contributed by atoms with van der Waals surface area (Å²) in [6.45, 7) is 6.54. The number of hydrogen-bond donors (Lipinski definition) is 1. The Morgan fingerprint density at radius 2 is 1.90 bits per heavy atom. The Bertz CT molecular complexity index is 1010. The zero-order valence-electron chi connectivity index (χ0n) is 17.0. The molecule has 2 aliphatic heterocycles. The molecule has 158 valence electrons. The highest BCUT2D eigenvalue weighted by Gasteiger charge is 2.18. The number of piperazine rings is 1. The maximum Gasteiger partial charge on any atom is 0.231 e. The number of nitrogens with one attached hydrogen (secondary N) is 1. The van der Waals surface area contributed by atoms with E-state index in [1.54, 1.807) is 0 Å². The molecule has 0 bridgehead atoms. The Morgan fingerprint density at radius 1 is 1.10 bits per heavy atom. The van der Waals surface area contributed by atoms with E-state index in [0.29, 0.717) is 23.2 Å². The lowest BCUT2D eigenvalue weighted by Gasteiger charge is -2.32.